The maximum Gasteiger partial charge on any atom is 0.534 e. The number of para-hydroxylation sites is 1. The maximum atomic E-state index is 12.4. The van der Waals surface area contributed by atoms with Gasteiger partial charge in [0, 0.05) is 6.07 Å². The summed E-state index contributed by atoms with van der Waals surface area (Å²) in [5.41, 5.74) is -5.07. The van der Waals surface area contributed by atoms with Crippen molar-refractivity contribution < 1.29 is 25.8 Å². The third-order valence-electron chi connectivity index (χ3n) is 2.36. The van der Waals surface area contributed by atoms with Crippen LogP contribution < -0.4 is 4.18 Å². The van der Waals surface area contributed by atoms with Gasteiger partial charge in [0.25, 0.3) is 0 Å². The summed E-state index contributed by atoms with van der Waals surface area (Å²) in [5.74, 6) is -0.599. The largest absolute Gasteiger partial charge is 0.534 e. The third kappa shape index (κ3) is 3.13. The Morgan fingerprint density at radius 1 is 1.29 bits per heavy atom. The van der Waals surface area contributed by atoms with Gasteiger partial charge in [-0.1, -0.05) is 23.7 Å². The van der Waals surface area contributed by atoms with Crippen LogP contribution in [0, 0.1) is 6.92 Å². The number of halogens is 4. The van der Waals surface area contributed by atoms with Crippen LogP contribution in [0.25, 0.3) is 5.69 Å². The number of nitrogens with zero attached hydrogens (tertiary/aromatic N) is 2. The summed E-state index contributed by atoms with van der Waals surface area (Å²) in [6.45, 7) is 1.47. The highest BCUT2D eigenvalue weighted by molar-refractivity contribution is 7.87. The van der Waals surface area contributed by atoms with Crippen LogP contribution in [0.5, 0.6) is 5.88 Å². The lowest BCUT2D eigenvalue weighted by molar-refractivity contribution is -0.0502. The molecular weight excluding hydrogens is 333 g/mol. The fourth-order valence-corrected chi connectivity index (χ4v) is 2.14. The van der Waals surface area contributed by atoms with Gasteiger partial charge < -0.3 is 4.18 Å². The molecule has 0 saturated carbocycles. The molecule has 0 aliphatic rings. The first kappa shape index (κ1) is 15.6. The van der Waals surface area contributed by atoms with E-state index in [9.17, 15) is 21.6 Å². The lowest BCUT2D eigenvalue weighted by Gasteiger charge is -2.11. The zero-order chi connectivity index (χ0) is 15.8. The standard InChI is InChI=1S/C11H8ClF3N2O3S/c1-7-6-10(20-21(18,19)11(13,14)15)17(16-7)9-5-3-2-4-8(9)12/h2-6H,1H3. The predicted molar refractivity (Wildman–Crippen MR) is 68.9 cm³/mol. The van der Waals surface area contributed by atoms with Crippen molar-refractivity contribution in [3.05, 3.63) is 41.0 Å². The van der Waals surface area contributed by atoms with Crippen molar-refractivity contribution in [2.75, 3.05) is 0 Å². The van der Waals surface area contributed by atoms with E-state index >= 15 is 0 Å². The minimum Gasteiger partial charge on any atom is -0.355 e. The molecule has 10 heteroatoms. The van der Waals surface area contributed by atoms with Gasteiger partial charge in [-0.05, 0) is 19.1 Å². The molecule has 0 bridgehead atoms. The Morgan fingerprint density at radius 3 is 2.48 bits per heavy atom. The minimum absolute atomic E-state index is 0.176. The molecule has 0 amide bonds. The molecule has 2 rings (SSSR count). The Labute approximate surface area is 123 Å². The van der Waals surface area contributed by atoms with Gasteiger partial charge in [0.2, 0.25) is 5.88 Å². The minimum atomic E-state index is -5.78. The van der Waals surface area contributed by atoms with Crippen LogP contribution in [0.15, 0.2) is 30.3 Å². The summed E-state index contributed by atoms with van der Waals surface area (Å²) in [4.78, 5) is 0. The molecule has 0 radical (unpaired) electrons. The van der Waals surface area contributed by atoms with Crippen LogP contribution in [-0.2, 0) is 10.1 Å². The van der Waals surface area contributed by atoms with Crippen molar-refractivity contribution in [1.82, 2.24) is 9.78 Å². The number of aromatic nitrogens is 2. The van der Waals surface area contributed by atoms with Gasteiger partial charge in [-0.25, -0.2) is 0 Å². The van der Waals surface area contributed by atoms with Crippen molar-refractivity contribution >= 4 is 21.7 Å². The number of aryl methyl sites for hydroxylation is 1. The number of benzene rings is 1. The average Bonchev–Trinajstić information content (AvgIpc) is 2.68. The van der Waals surface area contributed by atoms with Crippen molar-refractivity contribution in [3.8, 4) is 11.6 Å². The van der Waals surface area contributed by atoms with E-state index in [2.05, 4.69) is 9.28 Å². The van der Waals surface area contributed by atoms with Gasteiger partial charge >= 0.3 is 15.6 Å². The van der Waals surface area contributed by atoms with Crippen molar-refractivity contribution in [1.29, 1.82) is 0 Å². The molecule has 0 atom stereocenters. The Morgan fingerprint density at radius 2 is 1.90 bits per heavy atom. The molecule has 0 saturated heterocycles. The van der Waals surface area contributed by atoms with Crippen LogP contribution in [0.3, 0.4) is 0 Å². The van der Waals surface area contributed by atoms with Crippen LogP contribution >= 0.6 is 11.6 Å². The molecule has 0 unspecified atom stereocenters. The van der Waals surface area contributed by atoms with Crippen molar-refractivity contribution in [2.45, 2.75) is 12.4 Å². The maximum absolute atomic E-state index is 12.4. The molecular formula is C11H8ClF3N2O3S. The van der Waals surface area contributed by atoms with Crippen LogP contribution in [0.1, 0.15) is 5.69 Å². The Bertz CT molecular complexity index is 771. The van der Waals surface area contributed by atoms with Gasteiger partial charge in [0.05, 0.1) is 16.4 Å². The molecule has 0 fully saturated rings. The van der Waals surface area contributed by atoms with E-state index in [-0.39, 0.29) is 16.4 Å². The molecule has 114 valence electrons. The van der Waals surface area contributed by atoms with Gasteiger partial charge in [0.15, 0.2) is 0 Å². The molecule has 0 aliphatic carbocycles. The van der Waals surface area contributed by atoms with Gasteiger partial charge in [0.1, 0.15) is 0 Å². The zero-order valence-corrected chi connectivity index (χ0v) is 12.0. The second kappa shape index (κ2) is 5.23. The summed E-state index contributed by atoms with van der Waals surface area (Å²) >= 11 is 5.91. The van der Waals surface area contributed by atoms with Crippen LogP contribution in [-0.4, -0.2) is 23.7 Å². The van der Waals surface area contributed by atoms with Crippen LogP contribution in [0.4, 0.5) is 13.2 Å². The number of hydrogen-bond acceptors (Lipinski definition) is 4. The quantitative estimate of drug-likeness (QED) is 0.636. The van der Waals surface area contributed by atoms with E-state index < -0.39 is 21.5 Å². The SMILES string of the molecule is Cc1cc(OS(=O)(=O)C(F)(F)F)n(-c2ccccc2Cl)n1. The highest BCUT2D eigenvalue weighted by atomic mass is 35.5. The van der Waals surface area contributed by atoms with Gasteiger partial charge in [-0.3, -0.25) is 0 Å². The van der Waals surface area contributed by atoms with Gasteiger partial charge in [-0.2, -0.15) is 31.4 Å². The third-order valence-corrected chi connectivity index (χ3v) is 3.63. The molecule has 21 heavy (non-hydrogen) atoms. The van der Waals surface area contributed by atoms with E-state index in [1.54, 1.807) is 12.1 Å². The fraction of sp³-hybridized carbons (Fsp3) is 0.182. The molecule has 0 aliphatic heterocycles. The lowest BCUT2D eigenvalue weighted by atomic mass is 10.3. The summed E-state index contributed by atoms with van der Waals surface area (Å²) in [7, 11) is -5.78. The van der Waals surface area contributed by atoms with Gasteiger partial charge in [-0.15, -0.1) is 0 Å². The van der Waals surface area contributed by atoms with E-state index in [1.807, 2.05) is 0 Å². The number of alkyl halides is 3. The average molecular weight is 341 g/mol. The molecule has 0 N–H and O–H groups in total. The van der Waals surface area contributed by atoms with E-state index in [1.165, 1.54) is 19.1 Å². The molecule has 1 heterocycles. The highest BCUT2D eigenvalue weighted by Crippen LogP contribution is 2.30. The van der Waals surface area contributed by atoms with Crippen molar-refractivity contribution in [3.63, 3.8) is 0 Å². The molecule has 0 spiro atoms. The van der Waals surface area contributed by atoms with E-state index in [4.69, 9.17) is 11.6 Å². The first-order valence-corrected chi connectivity index (χ1v) is 7.23. The van der Waals surface area contributed by atoms with Crippen molar-refractivity contribution in [2.24, 2.45) is 0 Å². The van der Waals surface area contributed by atoms with E-state index in [0.29, 0.717) is 0 Å². The summed E-state index contributed by atoms with van der Waals surface area (Å²) in [6.07, 6.45) is 0. The second-order valence-corrected chi connectivity index (χ2v) is 5.92. The lowest BCUT2D eigenvalue weighted by Crippen LogP contribution is -2.28. The Kier molecular flexibility index (Phi) is 3.89. The summed E-state index contributed by atoms with van der Waals surface area (Å²) in [6, 6.07) is 7.18. The first-order chi connectivity index (χ1) is 9.62. The van der Waals surface area contributed by atoms with E-state index in [0.717, 1.165) is 10.7 Å². The summed E-state index contributed by atoms with van der Waals surface area (Å²) < 4.78 is 64.3. The Hall–Kier alpha value is -1.74. The molecule has 1 aromatic heterocycles. The Balaban J connectivity index is 2.51. The number of rotatable bonds is 3. The summed E-state index contributed by atoms with van der Waals surface area (Å²) in [5, 5.41) is 4.06. The van der Waals surface area contributed by atoms with Crippen LogP contribution in [0.2, 0.25) is 5.02 Å². The first-order valence-electron chi connectivity index (χ1n) is 5.44. The number of hydrogen-bond donors (Lipinski definition) is 0. The predicted octanol–water partition coefficient (Wildman–Crippen LogP) is 3.06. The second-order valence-electron chi connectivity index (χ2n) is 3.97. The highest BCUT2D eigenvalue weighted by Gasteiger charge is 2.49. The molecule has 2 aromatic rings. The smallest absolute Gasteiger partial charge is 0.355 e. The molecule has 1 aromatic carbocycles. The topological polar surface area (TPSA) is 61.2 Å². The molecule has 5 nitrogen and oxygen atoms in total. The fourth-order valence-electron chi connectivity index (χ4n) is 1.49. The monoisotopic (exact) mass is 340 g/mol. The normalized spacial score (nSPS) is 12.4. The zero-order valence-electron chi connectivity index (χ0n) is 10.4.